The van der Waals surface area contributed by atoms with E-state index in [0.29, 0.717) is 32.8 Å². The lowest BCUT2D eigenvalue weighted by atomic mass is 9.97. The number of amides is 1. The molecule has 1 aliphatic rings. The summed E-state index contributed by atoms with van der Waals surface area (Å²) in [6, 6.07) is 13.9. The van der Waals surface area contributed by atoms with Crippen molar-refractivity contribution in [1.29, 1.82) is 0 Å². The number of aryl methyl sites for hydroxylation is 1. The van der Waals surface area contributed by atoms with Gasteiger partial charge in [0, 0.05) is 25.8 Å². The number of nitrogens with zero attached hydrogens (tertiary/aromatic N) is 2. The number of carbonyl (C=O) groups excluding carboxylic acids is 1. The van der Waals surface area contributed by atoms with Gasteiger partial charge in [0.05, 0.1) is 19.1 Å². The minimum Gasteiger partial charge on any atom is -0.378 e. The van der Waals surface area contributed by atoms with Gasteiger partial charge in [0.15, 0.2) is 0 Å². The Morgan fingerprint density at radius 1 is 1.25 bits per heavy atom. The molecule has 0 saturated carbocycles. The number of benzene rings is 1. The lowest BCUT2D eigenvalue weighted by molar-refractivity contribution is -0.136. The lowest BCUT2D eigenvalue weighted by Gasteiger charge is -2.30. The van der Waals surface area contributed by atoms with Crippen molar-refractivity contribution < 1.29 is 9.53 Å². The molecule has 3 rings (SSSR count). The first-order valence-corrected chi connectivity index (χ1v) is 8.32. The van der Waals surface area contributed by atoms with Gasteiger partial charge in [-0.1, -0.05) is 30.3 Å². The second kappa shape index (κ2) is 7.93. The Labute approximate surface area is 142 Å². The first-order valence-electron chi connectivity index (χ1n) is 8.32. The summed E-state index contributed by atoms with van der Waals surface area (Å²) in [6.07, 6.45) is 1.78. The largest absolute Gasteiger partial charge is 0.378 e. The normalized spacial score (nSPS) is 15.8. The number of carbonyl (C=O) groups is 1. The molecule has 1 saturated heterocycles. The summed E-state index contributed by atoms with van der Waals surface area (Å²) in [5.41, 5.74) is 2.16. The highest BCUT2D eigenvalue weighted by atomic mass is 16.5. The van der Waals surface area contributed by atoms with E-state index in [2.05, 4.69) is 10.3 Å². The zero-order valence-corrected chi connectivity index (χ0v) is 13.9. The van der Waals surface area contributed by atoms with E-state index in [1.54, 1.807) is 6.20 Å². The van der Waals surface area contributed by atoms with E-state index in [1.165, 1.54) is 0 Å². The van der Waals surface area contributed by atoms with Crippen molar-refractivity contribution in [3.63, 3.8) is 0 Å². The molecule has 2 heterocycles. The zero-order valence-electron chi connectivity index (χ0n) is 13.9. The fourth-order valence-electron chi connectivity index (χ4n) is 2.88. The summed E-state index contributed by atoms with van der Waals surface area (Å²) >= 11 is 0. The minimum absolute atomic E-state index is 0.143. The van der Waals surface area contributed by atoms with Crippen LogP contribution in [0.15, 0.2) is 48.7 Å². The van der Waals surface area contributed by atoms with E-state index in [9.17, 15) is 4.79 Å². The van der Waals surface area contributed by atoms with Crippen LogP contribution in [0.1, 0.15) is 17.0 Å². The molecule has 2 aromatic rings. The van der Waals surface area contributed by atoms with Gasteiger partial charge in [0.2, 0.25) is 5.91 Å². The molecule has 0 bridgehead atoms. The Balaban J connectivity index is 1.75. The first kappa shape index (κ1) is 16.5. The average Bonchev–Trinajstić information content (AvgIpc) is 2.63. The maximum atomic E-state index is 13.0. The van der Waals surface area contributed by atoms with Gasteiger partial charge in [-0.3, -0.25) is 4.79 Å². The molecule has 1 aromatic heterocycles. The van der Waals surface area contributed by atoms with Gasteiger partial charge in [0.25, 0.3) is 0 Å². The van der Waals surface area contributed by atoms with Crippen LogP contribution in [0.5, 0.6) is 0 Å². The number of aromatic nitrogens is 1. The van der Waals surface area contributed by atoms with Crippen LogP contribution in [0, 0.1) is 6.92 Å². The summed E-state index contributed by atoms with van der Waals surface area (Å²) in [5, 5.41) is 3.31. The molecule has 0 aliphatic carbocycles. The van der Waals surface area contributed by atoms with E-state index in [4.69, 9.17) is 4.74 Å². The van der Waals surface area contributed by atoms with Crippen LogP contribution in [-0.4, -0.2) is 48.6 Å². The molecule has 1 amide bonds. The molecule has 1 N–H and O–H groups in total. The summed E-state index contributed by atoms with van der Waals surface area (Å²) in [4.78, 5) is 19.2. The highest BCUT2D eigenvalue weighted by molar-refractivity contribution is 5.84. The molecule has 126 valence electrons. The maximum absolute atomic E-state index is 13.0. The number of ether oxygens (including phenoxy) is 1. The monoisotopic (exact) mass is 325 g/mol. The molecular formula is C19H23N3O2. The fourth-order valence-corrected chi connectivity index (χ4v) is 2.88. The zero-order chi connectivity index (χ0) is 16.8. The molecule has 5 heteroatoms. The Morgan fingerprint density at radius 3 is 2.71 bits per heavy atom. The summed E-state index contributed by atoms with van der Waals surface area (Å²) < 4.78 is 5.36. The molecule has 5 nitrogen and oxygen atoms in total. The fraction of sp³-hybridized carbons (Fsp3) is 0.368. The molecule has 0 radical (unpaired) electrons. The number of rotatable bonds is 5. The molecule has 1 fully saturated rings. The van der Waals surface area contributed by atoms with Gasteiger partial charge in [-0.05, 0) is 30.2 Å². The number of hydrogen-bond donors (Lipinski definition) is 1. The van der Waals surface area contributed by atoms with Crippen molar-refractivity contribution in [1.82, 2.24) is 9.88 Å². The molecule has 1 aliphatic heterocycles. The second-order valence-electron chi connectivity index (χ2n) is 6.00. The minimum atomic E-state index is -0.230. The predicted octanol–water partition coefficient (Wildman–Crippen LogP) is 2.44. The van der Waals surface area contributed by atoms with Crippen LogP contribution < -0.4 is 5.32 Å². The Kier molecular flexibility index (Phi) is 5.43. The number of nitrogens with one attached hydrogen (secondary N) is 1. The van der Waals surface area contributed by atoms with Gasteiger partial charge < -0.3 is 15.0 Å². The molecule has 1 aromatic carbocycles. The highest BCUT2D eigenvalue weighted by Gasteiger charge is 2.27. The van der Waals surface area contributed by atoms with Crippen molar-refractivity contribution in [3.8, 4) is 0 Å². The van der Waals surface area contributed by atoms with E-state index in [-0.39, 0.29) is 11.8 Å². The summed E-state index contributed by atoms with van der Waals surface area (Å²) in [6.45, 7) is 5.09. The number of anilines is 1. The van der Waals surface area contributed by atoms with Crippen molar-refractivity contribution >= 4 is 11.7 Å². The average molecular weight is 325 g/mol. The molecular weight excluding hydrogens is 302 g/mol. The topological polar surface area (TPSA) is 54.5 Å². The quantitative estimate of drug-likeness (QED) is 0.917. The molecule has 1 unspecified atom stereocenters. The van der Waals surface area contributed by atoms with Crippen molar-refractivity contribution in [2.75, 3.05) is 38.2 Å². The third-order valence-electron chi connectivity index (χ3n) is 4.23. The third-order valence-corrected chi connectivity index (χ3v) is 4.23. The second-order valence-corrected chi connectivity index (χ2v) is 6.00. The van der Waals surface area contributed by atoms with Crippen molar-refractivity contribution in [2.24, 2.45) is 0 Å². The van der Waals surface area contributed by atoms with Crippen LogP contribution in [-0.2, 0) is 9.53 Å². The van der Waals surface area contributed by atoms with Crippen LogP contribution in [0.4, 0.5) is 5.82 Å². The highest BCUT2D eigenvalue weighted by Crippen LogP contribution is 2.20. The van der Waals surface area contributed by atoms with E-state index < -0.39 is 0 Å². The van der Waals surface area contributed by atoms with Gasteiger partial charge in [-0.2, -0.15) is 0 Å². The Hall–Kier alpha value is -2.40. The van der Waals surface area contributed by atoms with Crippen LogP contribution in [0.2, 0.25) is 0 Å². The van der Waals surface area contributed by atoms with Gasteiger partial charge in [-0.15, -0.1) is 0 Å². The molecule has 0 spiro atoms. The van der Waals surface area contributed by atoms with E-state index in [0.717, 1.165) is 16.9 Å². The maximum Gasteiger partial charge on any atom is 0.232 e. The molecule has 24 heavy (non-hydrogen) atoms. The first-order chi connectivity index (χ1) is 11.7. The number of morpholine rings is 1. The van der Waals surface area contributed by atoms with Crippen LogP contribution in [0.3, 0.4) is 0 Å². The van der Waals surface area contributed by atoms with E-state index in [1.807, 2.05) is 54.3 Å². The number of pyridine rings is 1. The van der Waals surface area contributed by atoms with E-state index >= 15 is 0 Å². The van der Waals surface area contributed by atoms with Gasteiger partial charge in [-0.25, -0.2) is 4.98 Å². The smallest absolute Gasteiger partial charge is 0.232 e. The number of hydrogen-bond acceptors (Lipinski definition) is 4. The van der Waals surface area contributed by atoms with Crippen molar-refractivity contribution in [2.45, 2.75) is 12.8 Å². The van der Waals surface area contributed by atoms with Crippen LogP contribution >= 0.6 is 0 Å². The van der Waals surface area contributed by atoms with Crippen LogP contribution in [0.25, 0.3) is 0 Å². The van der Waals surface area contributed by atoms with Gasteiger partial charge in [0.1, 0.15) is 5.82 Å². The Bertz CT molecular complexity index is 669. The van der Waals surface area contributed by atoms with Gasteiger partial charge >= 0.3 is 0 Å². The SMILES string of the molecule is Cc1ccnc(NCC(C(=O)N2CCOCC2)c2ccccc2)c1. The third kappa shape index (κ3) is 4.11. The predicted molar refractivity (Wildman–Crippen MR) is 94.0 cm³/mol. The molecule has 1 atom stereocenters. The standard InChI is InChI=1S/C19H23N3O2/c1-15-7-8-20-18(13-15)21-14-17(16-5-3-2-4-6-16)19(23)22-9-11-24-12-10-22/h2-8,13,17H,9-12,14H2,1H3,(H,20,21). The lowest BCUT2D eigenvalue weighted by Crippen LogP contribution is -2.44. The van der Waals surface area contributed by atoms with Crippen molar-refractivity contribution in [3.05, 3.63) is 59.8 Å². The summed E-state index contributed by atoms with van der Waals surface area (Å²) in [7, 11) is 0. The Morgan fingerprint density at radius 2 is 2.00 bits per heavy atom. The summed E-state index contributed by atoms with van der Waals surface area (Å²) in [5.74, 6) is 0.710.